The maximum absolute atomic E-state index is 12.7. The number of amides is 1. The molecule has 0 unspecified atom stereocenters. The maximum Gasteiger partial charge on any atom is 0.252 e. The minimum Gasteiger partial charge on any atom is -0.421 e. The number of benzene rings is 1. The van der Waals surface area contributed by atoms with Crippen LogP contribution in [-0.4, -0.2) is 34.4 Å². The molecule has 0 radical (unpaired) electrons. The lowest BCUT2D eigenvalue weighted by Crippen LogP contribution is -2.37. The molecular formula is C18H25N3O3. The minimum absolute atomic E-state index is 0.0829. The molecule has 6 heteroatoms. The number of aliphatic hydroxyl groups is 1. The molecule has 1 amide bonds. The van der Waals surface area contributed by atoms with Gasteiger partial charge in [-0.2, -0.15) is 0 Å². The highest BCUT2D eigenvalue weighted by Gasteiger charge is 2.27. The Hall–Kier alpha value is -2.21. The van der Waals surface area contributed by atoms with Gasteiger partial charge in [0.15, 0.2) is 0 Å². The van der Waals surface area contributed by atoms with Crippen LogP contribution in [0.5, 0.6) is 0 Å². The van der Waals surface area contributed by atoms with E-state index in [1.54, 1.807) is 19.1 Å². The molecule has 0 spiro atoms. The number of rotatable bonds is 8. The van der Waals surface area contributed by atoms with Crippen LogP contribution in [0.25, 0.3) is 11.5 Å². The standard InChI is InChI=1S/C18H25N3O3/c1-4-18(5-2,10-11-22)12-19-16(23)14-8-6-7-9-15(14)17-21-20-13(3)24-17/h6-9,22H,4-5,10-12H2,1-3H3,(H,19,23). The lowest BCUT2D eigenvalue weighted by atomic mass is 9.79. The Balaban J connectivity index is 2.19. The van der Waals surface area contributed by atoms with E-state index in [0.717, 1.165) is 12.8 Å². The van der Waals surface area contributed by atoms with Crippen LogP contribution in [0.3, 0.4) is 0 Å². The molecule has 0 aliphatic rings. The fraction of sp³-hybridized carbons (Fsp3) is 0.500. The van der Waals surface area contributed by atoms with Crippen molar-refractivity contribution in [1.82, 2.24) is 15.5 Å². The molecule has 24 heavy (non-hydrogen) atoms. The van der Waals surface area contributed by atoms with Crippen LogP contribution in [-0.2, 0) is 0 Å². The number of hydrogen-bond acceptors (Lipinski definition) is 5. The van der Waals surface area contributed by atoms with E-state index in [9.17, 15) is 9.90 Å². The molecular weight excluding hydrogens is 306 g/mol. The summed E-state index contributed by atoms with van der Waals surface area (Å²) in [6.45, 7) is 6.53. The number of carbonyl (C=O) groups is 1. The Labute approximate surface area is 142 Å². The smallest absolute Gasteiger partial charge is 0.252 e. The van der Waals surface area contributed by atoms with Gasteiger partial charge in [-0.05, 0) is 36.8 Å². The van der Waals surface area contributed by atoms with Crippen LogP contribution in [0, 0.1) is 12.3 Å². The van der Waals surface area contributed by atoms with Crippen molar-refractivity contribution >= 4 is 5.91 Å². The molecule has 0 saturated heterocycles. The first-order valence-corrected chi connectivity index (χ1v) is 8.34. The van der Waals surface area contributed by atoms with Crippen LogP contribution in [0.1, 0.15) is 49.4 Å². The summed E-state index contributed by atoms with van der Waals surface area (Å²) in [6.07, 6.45) is 2.47. The second-order valence-corrected chi connectivity index (χ2v) is 6.04. The number of aromatic nitrogens is 2. The average Bonchev–Trinajstić information content (AvgIpc) is 3.05. The summed E-state index contributed by atoms with van der Waals surface area (Å²) >= 11 is 0. The summed E-state index contributed by atoms with van der Waals surface area (Å²) in [5, 5.41) is 20.1. The molecule has 2 N–H and O–H groups in total. The van der Waals surface area contributed by atoms with Crippen molar-refractivity contribution < 1.29 is 14.3 Å². The van der Waals surface area contributed by atoms with E-state index in [4.69, 9.17) is 4.42 Å². The molecule has 2 aromatic rings. The molecule has 0 aliphatic heterocycles. The summed E-state index contributed by atoms with van der Waals surface area (Å²) in [5.41, 5.74) is 1.04. The van der Waals surface area contributed by atoms with Crippen LogP contribution in [0.4, 0.5) is 0 Å². The first-order chi connectivity index (χ1) is 11.5. The maximum atomic E-state index is 12.7. The second kappa shape index (κ2) is 8.06. The fourth-order valence-corrected chi connectivity index (χ4v) is 2.82. The third-order valence-electron chi connectivity index (χ3n) is 4.69. The van der Waals surface area contributed by atoms with Crippen molar-refractivity contribution in [3.05, 3.63) is 35.7 Å². The van der Waals surface area contributed by atoms with E-state index < -0.39 is 0 Å². The summed E-state index contributed by atoms with van der Waals surface area (Å²) in [6, 6.07) is 7.18. The Kier molecular flexibility index (Phi) is 6.09. The SMILES string of the molecule is CCC(CC)(CCO)CNC(=O)c1ccccc1-c1nnc(C)o1. The lowest BCUT2D eigenvalue weighted by Gasteiger charge is -2.31. The van der Waals surface area contributed by atoms with Crippen LogP contribution >= 0.6 is 0 Å². The zero-order chi connectivity index (χ0) is 17.6. The van der Waals surface area contributed by atoms with Gasteiger partial charge in [-0.15, -0.1) is 10.2 Å². The number of aliphatic hydroxyl groups excluding tert-OH is 1. The zero-order valence-electron chi connectivity index (χ0n) is 14.5. The molecule has 0 atom stereocenters. The average molecular weight is 331 g/mol. The normalized spacial score (nSPS) is 11.5. The van der Waals surface area contributed by atoms with Gasteiger partial charge in [0.2, 0.25) is 11.8 Å². The van der Waals surface area contributed by atoms with E-state index >= 15 is 0 Å². The largest absolute Gasteiger partial charge is 0.421 e. The number of carbonyl (C=O) groups excluding carboxylic acids is 1. The molecule has 1 aromatic carbocycles. The lowest BCUT2D eigenvalue weighted by molar-refractivity contribution is 0.0907. The monoisotopic (exact) mass is 331 g/mol. The summed E-state index contributed by atoms with van der Waals surface area (Å²) in [7, 11) is 0. The van der Waals surface area contributed by atoms with Gasteiger partial charge in [-0.1, -0.05) is 26.0 Å². The van der Waals surface area contributed by atoms with E-state index in [1.165, 1.54) is 0 Å². The zero-order valence-corrected chi connectivity index (χ0v) is 14.5. The van der Waals surface area contributed by atoms with E-state index in [2.05, 4.69) is 29.4 Å². The van der Waals surface area contributed by atoms with Gasteiger partial charge >= 0.3 is 0 Å². The predicted octanol–water partition coefficient (Wildman–Crippen LogP) is 2.96. The Morgan fingerprint density at radius 1 is 1.25 bits per heavy atom. The van der Waals surface area contributed by atoms with Gasteiger partial charge in [0.05, 0.1) is 11.1 Å². The first kappa shape index (κ1) is 18.1. The summed E-state index contributed by atoms with van der Waals surface area (Å²) in [4.78, 5) is 12.7. The molecule has 0 saturated carbocycles. The number of hydrogen-bond donors (Lipinski definition) is 2. The topological polar surface area (TPSA) is 88.2 Å². The second-order valence-electron chi connectivity index (χ2n) is 6.04. The van der Waals surface area contributed by atoms with Crippen LogP contribution < -0.4 is 5.32 Å². The van der Waals surface area contributed by atoms with Gasteiger partial charge in [0, 0.05) is 20.1 Å². The van der Waals surface area contributed by atoms with E-state index in [-0.39, 0.29) is 17.9 Å². The van der Waals surface area contributed by atoms with Gasteiger partial charge < -0.3 is 14.8 Å². The van der Waals surface area contributed by atoms with Crippen molar-refractivity contribution in [2.24, 2.45) is 5.41 Å². The van der Waals surface area contributed by atoms with E-state index in [1.807, 2.05) is 12.1 Å². The molecule has 0 fully saturated rings. The highest BCUT2D eigenvalue weighted by molar-refractivity contribution is 5.99. The number of nitrogens with one attached hydrogen (secondary N) is 1. The Bertz CT molecular complexity index is 678. The van der Waals surface area contributed by atoms with Crippen molar-refractivity contribution in [1.29, 1.82) is 0 Å². The predicted molar refractivity (Wildman–Crippen MR) is 91.5 cm³/mol. The molecule has 2 rings (SSSR count). The van der Waals surface area contributed by atoms with Crippen LogP contribution in [0.2, 0.25) is 0 Å². The quantitative estimate of drug-likeness (QED) is 0.776. The number of nitrogens with zero attached hydrogens (tertiary/aromatic N) is 2. The van der Waals surface area contributed by atoms with Gasteiger partial charge in [0.25, 0.3) is 5.91 Å². The molecule has 130 valence electrons. The Morgan fingerprint density at radius 3 is 2.54 bits per heavy atom. The molecule has 0 bridgehead atoms. The Morgan fingerprint density at radius 2 is 1.96 bits per heavy atom. The van der Waals surface area contributed by atoms with Crippen molar-refractivity contribution in [3.8, 4) is 11.5 Å². The number of aryl methyl sites for hydroxylation is 1. The third-order valence-corrected chi connectivity index (χ3v) is 4.69. The minimum atomic E-state index is -0.175. The molecule has 6 nitrogen and oxygen atoms in total. The fourth-order valence-electron chi connectivity index (χ4n) is 2.82. The molecule has 1 heterocycles. The van der Waals surface area contributed by atoms with Crippen molar-refractivity contribution in [3.63, 3.8) is 0 Å². The van der Waals surface area contributed by atoms with Gasteiger partial charge in [-0.25, -0.2) is 0 Å². The van der Waals surface area contributed by atoms with Crippen molar-refractivity contribution in [2.75, 3.05) is 13.2 Å². The molecule has 1 aromatic heterocycles. The summed E-state index contributed by atoms with van der Waals surface area (Å²) in [5.74, 6) is 0.621. The summed E-state index contributed by atoms with van der Waals surface area (Å²) < 4.78 is 5.45. The third kappa shape index (κ3) is 4.00. The van der Waals surface area contributed by atoms with Gasteiger partial charge in [0.1, 0.15) is 0 Å². The van der Waals surface area contributed by atoms with Gasteiger partial charge in [-0.3, -0.25) is 4.79 Å². The van der Waals surface area contributed by atoms with Crippen molar-refractivity contribution in [2.45, 2.75) is 40.0 Å². The molecule has 0 aliphatic carbocycles. The first-order valence-electron chi connectivity index (χ1n) is 8.34. The van der Waals surface area contributed by atoms with Crippen LogP contribution in [0.15, 0.2) is 28.7 Å². The highest BCUT2D eigenvalue weighted by atomic mass is 16.4. The highest BCUT2D eigenvalue weighted by Crippen LogP contribution is 2.30. The van der Waals surface area contributed by atoms with E-state index in [0.29, 0.717) is 35.9 Å².